The van der Waals surface area contributed by atoms with Crippen LogP contribution in [0.5, 0.6) is 0 Å². The molecule has 6 heteroatoms. The van der Waals surface area contributed by atoms with Crippen LogP contribution in [0, 0.1) is 0 Å². The molecule has 0 radical (unpaired) electrons. The number of rotatable bonds is 7. The first-order valence-electron chi connectivity index (χ1n) is 6.91. The fourth-order valence-corrected chi connectivity index (χ4v) is 2.59. The molecule has 0 amide bonds. The summed E-state index contributed by atoms with van der Waals surface area (Å²) in [6, 6.07) is 1.98. The molecule has 0 aliphatic heterocycles. The maximum Gasteiger partial charge on any atom is 0.141 e. The molecule has 5 nitrogen and oxygen atoms in total. The van der Waals surface area contributed by atoms with Gasteiger partial charge in [0, 0.05) is 31.4 Å². The van der Waals surface area contributed by atoms with Crippen molar-refractivity contribution in [1.82, 2.24) is 19.7 Å². The lowest BCUT2D eigenvalue weighted by Crippen LogP contribution is -2.04. The van der Waals surface area contributed by atoms with Gasteiger partial charge in [-0.3, -0.25) is 4.68 Å². The average molecular weight is 291 g/mol. The summed E-state index contributed by atoms with van der Waals surface area (Å²) >= 11 is 1.87. The van der Waals surface area contributed by atoms with Gasteiger partial charge in [-0.15, -0.1) is 0 Å². The Kier molecular flexibility index (Phi) is 5.40. The first-order valence-corrected chi connectivity index (χ1v) is 8.07. The lowest BCUT2D eigenvalue weighted by Gasteiger charge is -2.08. The van der Waals surface area contributed by atoms with Gasteiger partial charge >= 0.3 is 0 Å². The fourth-order valence-electron chi connectivity index (χ4n) is 1.84. The molecular formula is C14H21N5S. The van der Waals surface area contributed by atoms with Crippen LogP contribution in [0.1, 0.15) is 26.1 Å². The maximum absolute atomic E-state index is 4.65. The molecule has 2 rings (SSSR count). The molecule has 20 heavy (non-hydrogen) atoms. The highest BCUT2D eigenvalue weighted by Crippen LogP contribution is 2.21. The van der Waals surface area contributed by atoms with E-state index >= 15 is 0 Å². The number of anilines is 1. The van der Waals surface area contributed by atoms with Crippen LogP contribution in [0.25, 0.3) is 11.3 Å². The van der Waals surface area contributed by atoms with E-state index in [1.54, 1.807) is 4.68 Å². The van der Waals surface area contributed by atoms with Crippen LogP contribution in [-0.2, 0) is 12.8 Å². The normalized spacial score (nSPS) is 10.8. The van der Waals surface area contributed by atoms with E-state index in [9.17, 15) is 0 Å². The molecule has 2 aromatic heterocycles. The van der Waals surface area contributed by atoms with E-state index in [1.165, 1.54) is 6.42 Å². The topological polar surface area (TPSA) is 55.6 Å². The van der Waals surface area contributed by atoms with Gasteiger partial charge in [0.05, 0.1) is 17.6 Å². The second-order valence-electron chi connectivity index (χ2n) is 4.54. The third kappa shape index (κ3) is 3.96. The molecular weight excluding hydrogens is 270 g/mol. The molecule has 2 aromatic rings. The van der Waals surface area contributed by atoms with Crippen LogP contribution in [0.3, 0.4) is 0 Å². The number of nitrogens with zero attached hydrogens (tertiary/aromatic N) is 4. The van der Waals surface area contributed by atoms with Crippen molar-refractivity contribution >= 4 is 17.6 Å². The predicted molar refractivity (Wildman–Crippen MR) is 84.9 cm³/mol. The third-order valence-electron chi connectivity index (χ3n) is 2.71. The Balaban J connectivity index is 2.25. The predicted octanol–water partition coefficient (Wildman–Crippen LogP) is 2.95. The summed E-state index contributed by atoms with van der Waals surface area (Å²) in [7, 11) is 1.91. The zero-order valence-electron chi connectivity index (χ0n) is 12.3. The van der Waals surface area contributed by atoms with E-state index < -0.39 is 0 Å². The Morgan fingerprint density at radius 1 is 1.30 bits per heavy atom. The summed E-state index contributed by atoms with van der Waals surface area (Å²) in [5.74, 6) is 3.74. The van der Waals surface area contributed by atoms with Gasteiger partial charge in [-0.1, -0.05) is 6.92 Å². The van der Waals surface area contributed by atoms with Gasteiger partial charge in [0.25, 0.3) is 0 Å². The van der Waals surface area contributed by atoms with E-state index in [0.29, 0.717) is 0 Å². The van der Waals surface area contributed by atoms with Crippen molar-refractivity contribution < 1.29 is 0 Å². The number of hydrogen-bond acceptors (Lipinski definition) is 5. The smallest absolute Gasteiger partial charge is 0.141 e. The summed E-state index contributed by atoms with van der Waals surface area (Å²) in [6.45, 7) is 5.10. The fraction of sp³-hybridized carbons (Fsp3) is 0.500. The SMILES string of the molecule is CCCSCc1nc(NCC)cc(-c2cnn(C)c2)n1. The Labute approximate surface area is 124 Å². The average Bonchev–Trinajstić information content (AvgIpc) is 2.86. The minimum atomic E-state index is 0.848. The molecule has 0 aromatic carbocycles. The molecule has 2 heterocycles. The summed E-state index contributed by atoms with van der Waals surface area (Å²) in [5.41, 5.74) is 1.95. The first-order chi connectivity index (χ1) is 9.72. The molecule has 0 unspecified atom stereocenters. The lowest BCUT2D eigenvalue weighted by atomic mass is 10.2. The number of thioether (sulfide) groups is 1. The first kappa shape index (κ1) is 14.8. The lowest BCUT2D eigenvalue weighted by molar-refractivity contribution is 0.768. The van der Waals surface area contributed by atoms with Crippen LogP contribution in [-0.4, -0.2) is 32.0 Å². The third-order valence-corrected chi connectivity index (χ3v) is 3.87. The van der Waals surface area contributed by atoms with E-state index in [1.807, 2.05) is 37.3 Å². The van der Waals surface area contributed by atoms with Crippen molar-refractivity contribution in [1.29, 1.82) is 0 Å². The minimum absolute atomic E-state index is 0.848. The van der Waals surface area contributed by atoms with E-state index in [-0.39, 0.29) is 0 Å². The van der Waals surface area contributed by atoms with Gasteiger partial charge in [0.15, 0.2) is 0 Å². The van der Waals surface area contributed by atoms with Crippen molar-refractivity contribution in [3.63, 3.8) is 0 Å². The molecule has 0 spiro atoms. The second kappa shape index (κ2) is 7.28. The largest absolute Gasteiger partial charge is 0.370 e. The zero-order chi connectivity index (χ0) is 14.4. The van der Waals surface area contributed by atoms with Gasteiger partial charge in [-0.2, -0.15) is 16.9 Å². The van der Waals surface area contributed by atoms with E-state index in [4.69, 9.17) is 0 Å². The van der Waals surface area contributed by atoms with Crippen LogP contribution >= 0.6 is 11.8 Å². The summed E-state index contributed by atoms with van der Waals surface area (Å²) in [4.78, 5) is 9.20. The molecule has 108 valence electrons. The number of nitrogens with one attached hydrogen (secondary N) is 1. The monoisotopic (exact) mass is 291 g/mol. The Morgan fingerprint density at radius 2 is 2.15 bits per heavy atom. The van der Waals surface area contributed by atoms with Crippen molar-refractivity contribution in [3.05, 3.63) is 24.3 Å². The Hall–Kier alpha value is -1.56. The van der Waals surface area contributed by atoms with Gasteiger partial charge in [-0.25, -0.2) is 9.97 Å². The highest BCUT2D eigenvalue weighted by atomic mass is 32.2. The summed E-state index contributed by atoms with van der Waals surface area (Å²) < 4.78 is 1.79. The number of aryl methyl sites for hydroxylation is 1. The second-order valence-corrected chi connectivity index (χ2v) is 5.65. The molecule has 0 saturated carbocycles. The minimum Gasteiger partial charge on any atom is -0.370 e. The summed E-state index contributed by atoms with van der Waals surface area (Å²) in [6.07, 6.45) is 4.98. The van der Waals surface area contributed by atoms with Crippen LogP contribution in [0.15, 0.2) is 18.5 Å². The highest BCUT2D eigenvalue weighted by molar-refractivity contribution is 7.98. The van der Waals surface area contributed by atoms with Crippen LogP contribution < -0.4 is 5.32 Å². The standard InChI is InChI=1S/C14H21N5S/c1-4-6-20-10-14-17-12(7-13(18-14)15-5-2)11-8-16-19(3)9-11/h7-9H,4-6,10H2,1-3H3,(H,15,17,18). The molecule has 0 aliphatic rings. The molecule has 0 atom stereocenters. The van der Waals surface area contributed by atoms with Gasteiger partial charge < -0.3 is 5.32 Å². The molecule has 0 aliphatic carbocycles. The van der Waals surface area contributed by atoms with Crippen LogP contribution in [0.2, 0.25) is 0 Å². The molecule has 0 fully saturated rings. The number of hydrogen-bond donors (Lipinski definition) is 1. The van der Waals surface area contributed by atoms with Crippen molar-refractivity contribution in [2.75, 3.05) is 17.6 Å². The van der Waals surface area contributed by atoms with Crippen LogP contribution in [0.4, 0.5) is 5.82 Å². The van der Waals surface area contributed by atoms with Gasteiger partial charge in [0.2, 0.25) is 0 Å². The maximum atomic E-state index is 4.65. The molecule has 1 N–H and O–H groups in total. The zero-order valence-corrected chi connectivity index (χ0v) is 13.1. The summed E-state index contributed by atoms with van der Waals surface area (Å²) in [5, 5.41) is 7.47. The van der Waals surface area contributed by atoms with E-state index in [2.05, 4.69) is 34.2 Å². The van der Waals surface area contributed by atoms with Gasteiger partial charge in [-0.05, 0) is 19.1 Å². The number of aromatic nitrogens is 4. The Bertz CT molecular complexity index is 552. The van der Waals surface area contributed by atoms with Gasteiger partial charge in [0.1, 0.15) is 11.6 Å². The molecule has 0 bridgehead atoms. The highest BCUT2D eigenvalue weighted by Gasteiger charge is 2.08. The van der Waals surface area contributed by atoms with Crippen molar-refractivity contribution in [2.24, 2.45) is 7.05 Å². The van der Waals surface area contributed by atoms with Crippen molar-refractivity contribution in [3.8, 4) is 11.3 Å². The molecule has 0 saturated heterocycles. The Morgan fingerprint density at radius 3 is 2.80 bits per heavy atom. The quantitative estimate of drug-likeness (QED) is 0.795. The van der Waals surface area contributed by atoms with Crippen molar-refractivity contribution in [2.45, 2.75) is 26.0 Å². The van der Waals surface area contributed by atoms with E-state index in [0.717, 1.165) is 41.0 Å².